The van der Waals surface area contributed by atoms with E-state index in [0.717, 1.165) is 0 Å². The van der Waals surface area contributed by atoms with Crippen molar-refractivity contribution < 1.29 is 9.53 Å². The van der Waals surface area contributed by atoms with Crippen molar-refractivity contribution in [2.24, 2.45) is 0 Å². The predicted octanol–water partition coefficient (Wildman–Crippen LogP) is 3.36. The third-order valence-electron chi connectivity index (χ3n) is 1.69. The fraction of sp³-hybridized carbons (Fsp3) is 0.300. The van der Waals surface area contributed by atoms with E-state index < -0.39 is 5.97 Å². The molecule has 0 aliphatic rings. The summed E-state index contributed by atoms with van der Waals surface area (Å²) in [5.74, 6) is -0.421. The van der Waals surface area contributed by atoms with Crippen LogP contribution in [0.3, 0.4) is 0 Å². The second-order valence-corrected chi connectivity index (χ2v) is 4.98. The van der Waals surface area contributed by atoms with E-state index in [0.29, 0.717) is 20.2 Å². The molecule has 0 aromatic heterocycles. The van der Waals surface area contributed by atoms with Gasteiger partial charge in [0.25, 0.3) is 0 Å². The number of hydrogen-bond acceptors (Lipinski definition) is 3. The SMILES string of the molecule is CC(C)OC(=O)c1c(Br)ccc(Br)c1N. The molecule has 0 fully saturated rings. The highest BCUT2D eigenvalue weighted by atomic mass is 79.9. The van der Waals surface area contributed by atoms with Crippen LogP contribution in [0.4, 0.5) is 5.69 Å². The van der Waals surface area contributed by atoms with Crippen LogP contribution in [-0.2, 0) is 4.74 Å². The molecular formula is C10H11Br2NO2. The summed E-state index contributed by atoms with van der Waals surface area (Å²) < 4.78 is 6.40. The highest BCUT2D eigenvalue weighted by Crippen LogP contribution is 2.30. The molecule has 5 heteroatoms. The molecule has 0 aliphatic carbocycles. The first-order valence-electron chi connectivity index (χ1n) is 4.38. The predicted molar refractivity (Wildman–Crippen MR) is 66.8 cm³/mol. The number of hydrogen-bond donors (Lipinski definition) is 1. The Balaban J connectivity index is 3.13. The lowest BCUT2D eigenvalue weighted by atomic mass is 10.2. The van der Waals surface area contributed by atoms with Crippen LogP contribution in [0.25, 0.3) is 0 Å². The first-order chi connectivity index (χ1) is 6.93. The van der Waals surface area contributed by atoms with Crippen LogP contribution in [0.1, 0.15) is 24.2 Å². The molecule has 0 bridgehead atoms. The highest BCUT2D eigenvalue weighted by molar-refractivity contribution is 9.11. The Morgan fingerprint density at radius 1 is 1.33 bits per heavy atom. The van der Waals surface area contributed by atoms with Gasteiger partial charge in [0.2, 0.25) is 0 Å². The van der Waals surface area contributed by atoms with Crippen LogP contribution < -0.4 is 5.73 Å². The van der Waals surface area contributed by atoms with Gasteiger partial charge in [-0.15, -0.1) is 0 Å². The quantitative estimate of drug-likeness (QED) is 0.665. The molecule has 0 atom stereocenters. The summed E-state index contributed by atoms with van der Waals surface area (Å²) in [5.41, 5.74) is 6.53. The van der Waals surface area contributed by atoms with Gasteiger partial charge in [0, 0.05) is 8.95 Å². The number of nitrogen functional groups attached to an aromatic ring is 1. The number of nitrogens with two attached hydrogens (primary N) is 1. The van der Waals surface area contributed by atoms with Crippen LogP contribution in [-0.4, -0.2) is 12.1 Å². The molecule has 1 aromatic carbocycles. The number of rotatable bonds is 2. The largest absolute Gasteiger partial charge is 0.459 e. The molecule has 0 saturated carbocycles. The second kappa shape index (κ2) is 4.99. The van der Waals surface area contributed by atoms with E-state index in [9.17, 15) is 4.79 Å². The molecule has 82 valence electrons. The van der Waals surface area contributed by atoms with Gasteiger partial charge in [-0.1, -0.05) is 0 Å². The standard InChI is InChI=1S/C10H11Br2NO2/c1-5(2)15-10(14)8-6(11)3-4-7(12)9(8)13/h3-5H,13H2,1-2H3. The van der Waals surface area contributed by atoms with Gasteiger partial charge in [-0.2, -0.15) is 0 Å². The average Bonchev–Trinajstić information content (AvgIpc) is 2.11. The number of halogens is 2. The number of ether oxygens (including phenoxy) is 1. The first-order valence-corrected chi connectivity index (χ1v) is 5.96. The Bertz CT molecular complexity index is 391. The van der Waals surface area contributed by atoms with E-state index >= 15 is 0 Å². The molecule has 2 N–H and O–H groups in total. The van der Waals surface area contributed by atoms with Crippen molar-refractivity contribution in [1.29, 1.82) is 0 Å². The van der Waals surface area contributed by atoms with Crippen molar-refractivity contribution in [3.8, 4) is 0 Å². The lowest BCUT2D eigenvalue weighted by molar-refractivity contribution is 0.0378. The van der Waals surface area contributed by atoms with Crippen molar-refractivity contribution in [3.63, 3.8) is 0 Å². The minimum Gasteiger partial charge on any atom is -0.459 e. The molecule has 0 aliphatic heterocycles. The Morgan fingerprint density at radius 3 is 2.40 bits per heavy atom. The van der Waals surface area contributed by atoms with Gasteiger partial charge in [0.1, 0.15) is 0 Å². The summed E-state index contributed by atoms with van der Waals surface area (Å²) >= 11 is 6.53. The second-order valence-electron chi connectivity index (χ2n) is 3.27. The van der Waals surface area contributed by atoms with E-state index in [1.807, 2.05) is 0 Å². The Morgan fingerprint density at radius 2 is 1.87 bits per heavy atom. The minimum atomic E-state index is -0.421. The van der Waals surface area contributed by atoms with Gasteiger partial charge in [-0.3, -0.25) is 0 Å². The molecule has 0 heterocycles. The Hall–Kier alpha value is -0.550. The van der Waals surface area contributed by atoms with Gasteiger partial charge in [-0.25, -0.2) is 4.79 Å². The molecule has 0 radical (unpaired) electrons. The van der Waals surface area contributed by atoms with E-state index in [4.69, 9.17) is 10.5 Å². The summed E-state index contributed by atoms with van der Waals surface area (Å²) in [6.45, 7) is 3.58. The normalized spacial score (nSPS) is 10.5. The summed E-state index contributed by atoms with van der Waals surface area (Å²) in [7, 11) is 0. The number of carbonyl (C=O) groups excluding carboxylic acids is 1. The maximum Gasteiger partial charge on any atom is 0.341 e. The third kappa shape index (κ3) is 2.95. The zero-order chi connectivity index (χ0) is 11.6. The van der Waals surface area contributed by atoms with Crippen LogP contribution in [0.15, 0.2) is 21.1 Å². The number of anilines is 1. The van der Waals surface area contributed by atoms with Crippen LogP contribution >= 0.6 is 31.9 Å². The average molecular weight is 337 g/mol. The van der Waals surface area contributed by atoms with Gasteiger partial charge in [0.15, 0.2) is 0 Å². The molecule has 1 rings (SSSR count). The Labute approximate surface area is 105 Å². The van der Waals surface area contributed by atoms with Gasteiger partial charge >= 0.3 is 5.97 Å². The fourth-order valence-electron chi connectivity index (χ4n) is 1.05. The molecule has 0 amide bonds. The van der Waals surface area contributed by atoms with Crippen molar-refractivity contribution in [3.05, 3.63) is 26.6 Å². The topological polar surface area (TPSA) is 52.3 Å². The van der Waals surface area contributed by atoms with Crippen molar-refractivity contribution in [2.45, 2.75) is 20.0 Å². The van der Waals surface area contributed by atoms with Crippen LogP contribution in [0.5, 0.6) is 0 Å². The van der Waals surface area contributed by atoms with Crippen LogP contribution in [0.2, 0.25) is 0 Å². The summed E-state index contributed by atoms with van der Waals surface area (Å²) in [6.07, 6.45) is -0.164. The van der Waals surface area contributed by atoms with E-state index in [-0.39, 0.29) is 6.10 Å². The maximum atomic E-state index is 11.7. The number of benzene rings is 1. The monoisotopic (exact) mass is 335 g/mol. The zero-order valence-corrected chi connectivity index (χ0v) is 11.6. The van der Waals surface area contributed by atoms with E-state index in [1.54, 1.807) is 26.0 Å². The highest BCUT2D eigenvalue weighted by Gasteiger charge is 2.18. The minimum absolute atomic E-state index is 0.164. The summed E-state index contributed by atoms with van der Waals surface area (Å²) in [6, 6.07) is 3.52. The fourth-order valence-corrected chi connectivity index (χ4v) is 1.89. The van der Waals surface area contributed by atoms with Crippen molar-refractivity contribution in [2.75, 3.05) is 5.73 Å². The Kier molecular flexibility index (Phi) is 4.16. The van der Waals surface area contributed by atoms with Crippen molar-refractivity contribution >= 4 is 43.5 Å². The van der Waals surface area contributed by atoms with Crippen molar-refractivity contribution in [1.82, 2.24) is 0 Å². The molecular weight excluding hydrogens is 326 g/mol. The summed E-state index contributed by atoms with van der Waals surface area (Å²) in [4.78, 5) is 11.7. The zero-order valence-electron chi connectivity index (χ0n) is 8.38. The molecule has 0 unspecified atom stereocenters. The smallest absolute Gasteiger partial charge is 0.341 e. The number of esters is 1. The van der Waals surface area contributed by atoms with Gasteiger partial charge < -0.3 is 10.5 Å². The lowest BCUT2D eigenvalue weighted by Gasteiger charge is -2.12. The lowest BCUT2D eigenvalue weighted by Crippen LogP contribution is -2.14. The molecule has 3 nitrogen and oxygen atoms in total. The first kappa shape index (κ1) is 12.5. The third-order valence-corrected chi connectivity index (χ3v) is 3.04. The number of carbonyl (C=O) groups is 1. The van der Waals surface area contributed by atoms with E-state index in [2.05, 4.69) is 31.9 Å². The summed E-state index contributed by atoms with van der Waals surface area (Å²) in [5, 5.41) is 0. The molecule has 1 aromatic rings. The molecule has 15 heavy (non-hydrogen) atoms. The van der Waals surface area contributed by atoms with Gasteiger partial charge in [0.05, 0.1) is 17.4 Å². The molecule has 0 spiro atoms. The van der Waals surface area contributed by atoms with E-state index in [1.165, 1.54) is 0 Å². The van der Waals surface area contributed by atoms with Gasteiger partial charge in [-0.05, 0) is 57.8 Å². The molecule has 0 saturated heterocycles. The van der Waals surface area contributed by atoms with Crippen LogP contribution in [0, 0.1) is 0 Å². The maximum absolute atomic E-state index is 11.7.